The van der Waals surface area contributed by atoms with Gasteiger partial charge in [-0.2, -0.15) is 0 Å². The Kier molecular flexibility index (Phi) is 3.52. The lowest BCUT2D eigenvalue weighted by atomic mass is 10.0. The number of nitrogens with zero attached hydrogens (tertiary/aromatic N) is 1. The van der Waals surface area contributed by atoms with Crippen LogP contribution in [-0.4, -0.2) is 37.2 Å². The fourth-order valence-corrected chi connectivity index (χ4v) is 3.19. The summed E-state index contributed by atoms with van der Waals surface area (Å²) in [4.78, 5) is 2.59. The number of hydrogen-bond acceptors (Lipinski definition) is 3. The van der Waals surface area contributed by atoms with Crippen LogP contribution in [0.2, 0.25) is 0 Å². The molecule has 18 heavy (non-hydrogen) atoms. The topological polar surface area (TPSA) is 24.5 Å². The van der Waals surface area contributed by atoms with Gasteiger partial charge in [0.25, 0.3) is 0 Å². The number of hydrogen-bond donors (Lipinski definition) is 1. The van der Waals surface area contributed by atoms with Gasteiger partial charge in [-0.15, -0.1) is 0 Å². The van der Waals surface area contributed by atoms with Gasteiger partial charge in [-0.1, -0.05) is 25.1 Å². The molecule has 2 aliphatic rings. The van der Waals surface area contributed by atoms with Crippen molar-refractivity contribution in [3.05, 3.63) is 29.8 Å². The van der Waals surface area contributed by atoms with Crippen molar-refractivity contribution in [1.82, 2.24) is 10.2 Å². The van der Waals surface area contributed by atoms with Crippen molar-refractivity contribution in [3.63, 3.8) is 0 Å². The molecule has 1 fully saturated rings. The molecule has 3 nitrogen and oxygen atoms in total. The summed E-state index contributed by atoms with van der Waals surface area (Å²) in [5.41, 5.74) is 1.37. The highest BCUT2D eigenvalue weighted by atomic mass is 16.5. The Bertz CT molecular complexity index is 405. The molecule has 0 amide bonds. The number of para-hydroxylation sites is 1. The SMILES string of the molecule is CCNC1CCCN(C2COc3ccccc32)C1. The van der Waals surface area contributed by atoms with Crippen LogP contribution >= 0.6 is 0 Å². The molecule has 3 rings (SSSR count). The lowest BCUT2D eigenvalue weighted by Crippen LogP contribution is -2.47. The lowest BCUT2D eigenvalue weighted by molar-refractivity contribution is 0.118. The molecule has 2 atom stereocenters. The van der Waals surface area contributed by atoms with Gasteiger partial charge in [0, 0.05) is 18.2 Å². The molecular formula is C15H22N2O. The van der Waals surface area contributed by atoms with Crippen molar-refractivity contribution in [2.45, 2.75) is 31.8 Å². The minimum Gasteiger partial charge on any atom is -0.491 e. The molecule has 0 saturated carbocycles. The molecule has 0 aromatic heterocycles. The van der Waals surface area contributed by atoms with Crippen LogP contribution in [-0.2, 0) is 0 Å². The Morgan fingerprint density at radius 2 is 2.28 bits per heavy atom. The predicted molar refractivity (Wildman–Crippen MR) is 72.9 cm³/mol. The number of ether oxygens (including phenoxy) is 1. The van der Waals surface area contributed by atoms with E-state index in [0.29, 0.717) is 12.1 Å². The van der Waals surface area contributed by atoms with Gasteiger partial charge in [-0.3, -0.25) is 4.90 Å². The zero-order valence-corrected chi connectivity index (χ0v) is 11.1. The minimum absolute atomic E-state index is 0.461. The number of likely N-dealkylation sites (tertiary alicyclic amines) is 1. The molecule has 98 valence electrons. The van der Waals surface area contributed by atoms with Gasteiger partial charge in [0.1, 0.15) is 12.4 Å². The molecule has 0 aliphatic carbocycles. The van der Waals surface area contributed by atoms with Crippen LogP contribution < -0.4 is 10.1 Å². The Morgan fingerprint density at radius 1 is 1.39 bits per heavy atom. The standard InChI is InChI=1S/C15H22N2O/c1-2-16-12-6-5-9-17(10-12)14-11-18-15-8-4-3-7-13(14)15/h3-4,7-8,12,14,16H,2,5-6,9-11H2,1H3. The van der Waals surface area contributed by atoms with Crippen LogP contribution in [0.3, 0.4) is 0 Å². The van der Waals surface area contributed by atoms with Crippen molar-refractivity contribution >= 4 is 0 Å². The number of fused-ring (bicyclic) bond motifs is 1. The van der Waals surface area contributed by atoms with Crippen LogP contribution in [0.4, 0.5) is 0 Å². The third-order valence-electron chi connectivity index (χ3n) is 4.06. The highest BCUT2D eigenvalue weighted by molar-refractivity contribution is 5.39. The summed E-state index contributed by atoms with van der Waals surface area (Å²) >= 11 is 0. The second-order valence-corrected chi connectivity index (χ2v) is 5.26. The summed E-state index contributed by atoms with van der Waals surface area (Å²) in [5, 5.41) is 3.58. The Balaban J connectivity index is 1.72. The van der Waals surface area contributed by atoms with Crippen molar-refractivity contribution in [3.8, 4) is 5.75 Å². The largest absolute Gasteiger partial charge is 0.491 e. The average Bonchev–Trinajstić information content (AvgIpc) is 2.83. The Hall–Kier alpha value is -1.06. The second kappa shape index (κ2) is 5.29. The highest BCUT2D eigenvalue weighted by Crippen LogP contribution is 2.36. The number of benzene rings is 1. The summed E-state index contributed by atoms with van der Waals surface area (Å²) in [7, 11) is 0. The fraction of sp³-hybridized carbons (Fsp3) is 0.600. The molecule has 0 radical (unpaired) electrons. The number of piperidine rings is 1. The van der Waals surface area contributed by atoms with E-state index in [0.717, 1.165) is 25.4 Å². The first-order valence-electron chi connectivity index (χ1n) is 7.07. The summed E-state index contributed by atoms with van der Waals surface area (Å²) in [5.74, 6) is 1.08. The van der Waals surface area contributed by atoms with Gasteiger partial charge in [-0.05, 0) is 32.0 Å². The summed E-state index contributed by atoms with van der Waals surface area (Å²) in [6.45, 7) is 6.42. The Morgan fingerprint density at radius 3 is 3.17 bits per heavy atom. The minimum atomic E-state index is 0.461. The molecule has 0 bridgehead atoms. The Labute approximate surface area is 109 Å². The molecule has 1 aromatic carbocycles. The quantitative estimate of drug-likeness (QED) is 0.885. The van der Waals surface area contributed by atoms with Crippen LogP contribution in [0.25, 0.3) is 0 Å². The van der Waals surface area contributed by atoms with Gasteiger partial charge in [-0.25, -0.2) is 0 Å². The number of likely N-dealkylation sites (N-methyl/N-ethyl adjacent to an activating group) is 1. The summed E-state index contributed by atoms with van der Waals surface area (Å²) in [6.07, 6.45) is 2.59. The molecular weight excluding hydrogens is 224 g/mol. The van der Waals surface area contributed by atoms with Crippen molar-refractivity contribution < 1.29 is 4.74 Å². The molecule has 0 spiro atoms. The van der Waals surface area contributed by atoms with Crippen LogP contribution in [0, 0.1) is 0 Å². The third-order valence-corrected chi connectivity index (χ3v) is 4.06. The van der Waals surface area contributed by atoms with Crippen LogP contribution in [0.1, 0.15) is 31.4 Å². The van der Waals surface area contributed by atoms with E-state index in [1.807, 2.05) is 0 Å². The van der Waals surface area contributed by atoms with Gasteiger partial charge in [0.05, 0.1) is 6.04 Å². The zero-order chi connectivity index (χ0) is 12.4. The van der Waals surface area contributed by atoms with Gasteiger partial charge < -0.3 is 10.1 Å². The second-order valence-electron chi connectivity index (χ2n) is 5.26. The molecule has 2 aliphatic heterocycles. The van der Waals surface area contributed by atoms with Gasteiger partial charge in [0.2, 0.25) is 0 Å². The highest BCUT2D eigenvalue weighted by Gasteiger charge is 2.32. The lowest BCUT2D eigenvalue weighted by Gasteiger charge is -2.36. The first kappa shape index (κ1) is 12.0. The first-order valence-corrected chi connectivity index (χ1v) is 7.07. The van der Waals surface area contributed by atoms with Gasteiger partial charge >= 0.3 is 0 Å². The van der Waals surface area contributed by atoms with E-state index in [1.54, 1.807) is 0 Å². The number of nitrogens with one attached hydrogen (secondary N) is 1. The molecule has 2 unspecified atom stereocenters. The maximum atomic E-state index is 5.80. The van der Waals surface area contributed by atoms with Crippen molar-refractivity contribution in [2.24, 2.45) is 0 Å². The molecule has 3 heteroatoms. The average molecular weight is 246 g/mol. The van der Waals surface area contributed by atoms with E-state index < -0.39 is 0 Å². The van der Waals surface area contributed by atoms with Gasteiger partial charge in [0.15, 0.2) is 0 Å². The van der Waals surface area contributed by atoms with E-state index in [9.17, 15) is 0 Å². The molecule has 1 N–H and O–H groups in total. The third kappa shape index (κ3) is 2.25. The maximum absolute atomic E-state index is 5.80. The molecule has 1 aromatic rings. The van der Waals surface area contributed by atoms with Crippen molar-refractivity contribution in [1.29, 1.82) is 0 Å². The fourth-order valence-electron chi connectivity index (χ4n) is 3.19. The molecule has 2 heterocycles. The monoisotopic (exact) mass is 246 g/mol. The van der Waals surface area contributed by atoms with E-state index in [4.69, 9.17) is 4.74 Å². The van der Waals surface area contributed by atoms with Crippen LogP contribution in [0.15, 0.2) is 24.3 Å². The first-order chi connectivity index (χ1) is 8.88. The maximum Gasteiger partial charge on any atom is 0.124 e. The van der Waals surface area contributed by atoms with E-state index in [2.05, 4.69) is 41.4 Å². The smallest absolute Gasteiger partial charge is 0.124 e. The zero-order valence-electron chi connectivity index (χ0n) is 11.1. The van der Waals surface area contributed by atoms with Crippen LogP contribution in [0.5, 0.6) is 5.75 Å². The normalized spacial score (nSPS) is 27.8. The predicted octanol–water partition coefficient (Wildman–Crippen LogP) is 2.19. The van der Waals surface area contributed by atoms with E-state index in [-0.39, 0.29) is 0 Å². The van der Waals surface area contributed by atoms with Crippen molar-refractivity contribution in [2.75, 3.05) is 26.2 Å². The van der Waals surface area contributed by atoms with E-state index >= 15 is 0 Å². The van der Waals surface area contributed by atoms with E-state index in [1.165, 1.54) is 24.9 Å². The summed E-state index contributed by atoms with van der Waals surface area (Å²) < 4.78 is 5.80. The molecule has 1 saturated heterocycles. The summed E-state index contributed by atoms with van der Waals surface area (Å²) in [6, 6.07) is 9.58. The number of rotatable bonds is 3.